The number of ether oxygens (including phenoxy) is 4. The summed E-state index contributed by atoms with van der Waals surface area (Å²) < 4.78 is 23.2. The topological polar surface area (TPSA) is 120 Å². The van der Waals surface area contributed by atoms with Crippen molar-refractivity contribution in [2.45, 2.75) is 39.8 Å². The monoisotopic (exact) mass is 710 g/mol. The highest BCUT2D eigenvalue weighted by atomic mass is 35.5. The number of carbonyl (C=O) groups is 2. The molecule has 1 aliphatic rings. The second kappa shape index (κ2) is 17.5. The molecule has 13 heteroatoms. The summed E-state index contributed by atoms with van der Waals surface area (Å²) in [5, 5.41) is 11.5. The lowest BCUT2D eigenvalue weighted by Gasteiger charge is -2.30. The molecule has 1 aliphatic heterocycles. The van der Waals surface area contributed by atoms with Gasteiger partial charge < -0.3 is 29.6 Å². The number of allylic oxidation sites excluding steroid dienone is 2. The minimum absolute atomic E-state index is 0.214. The van der Waals surface area contributed by atoms with E-state index in [4.69, 9.17) is 54.4 Å². The van der Waals surface area contributed by atoms with E-state index in [9.17, 15) is 9.59 Å². The van der Waals surface area contributed by atoms with E-state index in [1.807, 2.05) is 19.1 Å². The summed E-state index contributed by atoms with van der Waals surface area (Å²) >= 11 is 17.6. The summed E-state index contributed by atoms with van der Waals surface area (Å²) in [5.74, 6) is 0.489. The van der Waals surface area contributed by atoms with E-state index in [-0.39, 0.29) is 19.8 Å². The van der Waals surface area contributed by atoms with Crippen LogP contribution in [0.15, 0.2) is 83.6 Å². The molecule has 0 saturated carbocycles. The number of thiocarbonyl (C=S) groups is 1. The van der Waals surface area contributed by atoms with Crippen molar-refractivity contribution in [1.29, 1.82) is 0 Å². The maximum absolute atomic E-state index is 12.8. The Kier molecular flexibility index (Phi) is 13.2. The third kappa shape index (κ3) is 9.50. The number of rotatable bonds is 15. The number of amides is 1. The molecule has 0 radical (unpaired) electrons. The minimum atomic E-state index is -0.643. The lowest BCUT2D eigenvalue weighted by atomic mass is 9.95. The largest absolute Gasteiger partial charge is 0.490 e. The highest BCUT2D eigenvalue weighted by Gasteiger charge is 2.32. The van der Waals surface area contributed by atoms with Crippen LogP contribution in [-0.2, 0) is 27.4 Å². The normalized spacial score (nSPS) is 14.2. The Balaban J connectivity index is 1.45. The first-order valence-electron chi connectivity index (χ1n) is 15.1. The second-order valence-corrected chi connectivity index (χ2v) is 11.6. The highest BCUT2D eigenvalue weighted by Crippen LogP contribution is 2.35. The van der Waals surface area contributed by atoms with E-state index in [0.29, 0.717) is 67.8 Å². The molecule has 0 aromatic heterocycles. The zero-order valence-corrected chi connectivity index (χ0v) is 29.1. The van der Waals surface area contributed by atoms with E-state index in [0.717, 1.165) is 11.1 Å². The zero-order valence-electron chi connectivity index (χ0n) is 26.7. The van der Waals surface area contributed by atoms with Gasteiger partial charge in [-0.1, -0.05) is 53.5 Å². The fourth-order valence-electron chi connectivity index (χ4n) is 4.89. The smallest absolute Gasteiger partial charge is 0.338 e. The van der Waals surface area contributed by atoms with Crippen molar-refractivity contribution in [1.82, 2.24) is 16.1 Å². The predicted octanol–water partition coefficient (Wildman–Crippen LogP) is 6.58. The molecule has 10 nitrogen and oxygen atoms in total. The molecule has 3 aromatic rings. The standard InChI is InChI=1S/C35H36Cl2N4O6S/c1-5-10-24-15-23(17-29(44-6-2)33(24)47-19-22-13-14-26(36)27(37)16-22)18-38-41-30(42)20-46-28-12-9-8-11-25(28)32-31(34(43)45-7-3)21(4)39-35(48)40-32/h5,8-9,11-18,32H,1,6-7,10,19-20H2,2-4H3,(H,41,42)(H2,39,40,48)/t32-/m0/s1. The third-order valence-electron chi connectivity index (χ3n) is 6.94. The van der Waals surface area contributed by atoms with Crippen molar-refractivity contribution in [3.05, 3.63) is 111 Å². The number of halogens is 2. The SMILES string of the molecule is C=CCc1cc(C=NNC(=O)COc2ccccc2[C@@H]2NC(=S)NC(C)=C2C(=O)OCC)cc(OCC)c1OCc1ccc(Cl)c(Cl)c1. The van der Waals surface area contributed by atoms with Gasteiger partial charge in [0.2, 0.25) is 0 Å². The second-order valence-electron chi connectivity index (χ2n) is 10.4. The average Bonchev–Trinajstić information content (AvgIpc) is 3.05. The summed E-state index contributed by atoms with van der Waals surface area (Å²) in [6.45, 7) is 9.75. The van der Waals surface area contributed by atoms with Crippen LogP contribution in [0.2, 0.25) is 10.0 Å². The molecule has 1 atom stereocenters. The molecule has 48 heavy (non-hydrogen) atoms. The first kappa shape index (κ1) is 36.3. The Morgan fingerprint density at radius 1 is 1.02 bits per heavy atom. The molecule has 0 fully saturated rings. The molecular formula is C35H36Cl2N4O6S. The fraction of sp³-hybridized carbons (Fsp3) is 0.257. The molecule has 4 rings (SSSR count). The van der Waals surface area contributed by atoms with Crippen LogP contribution in [0.25, 0.3) is 0 Å². The summed E-state index contributed by atoms with van der Waals surface area (Å²) in [6, 6.07) is 15.4. The molecule has 0 unspecified atom stereocenters. The molecule has 0 bridgehead atoms. The van der Waals surface area contributed by atoms with E-state index in [1.54, 1.807) is 62.4 Å². The van der Waals surface area contributed by atoms with Crippen LogP contribution in [0.3, 0.4) is 0 Å². The number of nitrogens with one attached hydrogen (secondary N) is 3. The summed E-state index contributed by atoms with van der Waals surface area (Å²) in [4.78, 5) is 25.6. The zero-order chi connectivity index (χ0) is 34.6. The maximum atomic E-state index is 12.8. The van der Waals surface area contributed by atoms with Crippen LogP contribution in [-0.4, -0.2) is 43.0 Å². The molecule has 1 amide bonds. The summed E-state index contributed by atoms with van der Waals surface area (Å²) in [5.41, 5.74) is 6.37. The van der Waals surface area contributed by atoms with Crippen LogP contribution in [0, 0.1) is 0 Å². The highest BCUT2D eigenvalue weighted by molar-refractivity contribution is 7.80. The number of nitrogens with zero attached hydrogens (tertiary/aromatic N) is 1. The van der Waals surface area contributed by atoms with Gasteiger partial charge in [-0.05, 0) is 80.9 Å². The molecule has 0 spiro atoms. The van der Waals surface area contributed by atoms with Gasteiger partial charge in [-0.3, -0.25) is 4.79 Å². The Morgan fingerprint density at radius 2 is 1.81 bits per heavy atom. The summed E-state index contributed by atoms with van der Waals surface area (Å²) in [7, 11) is 0. The lowest BCUT2D eigenvalue weighted by Crippen LogP contribution is -2.45. The Hall–Kier alpha value is -4.58. The van der Waals surface area contributed by atoms with Crippen LogP contribution in [0.5, 0.6) is 17.2 Å². The third-order valence-corrected chi connectivity index (χ3v) is 7.90. The number of carbonyl (C=O) groups excluding carboxylic acids is 2. The number of para-hydroxylation sites is 1. The maximum Gasteiger partial charge on any atom is 0.338 e. The molecular weight excluding hydrogens is 675 g/mol. The fourth-order valence-corrected chi connectivity index (χ4v) is 5.48. The number of benzene rings is 3. The van der Waals surface area contributed by atoms with Crippen molar-refractivity contribution < 1.29 is 28.5 Å². The average molecular weight is 712 g/mol. The Bertz CT molecular complexity index is 1750. The van der Waals surface area contributed by atoms with Gasteiger partial charge in [0.15, 0.2) is 23.2 Å². The van der Waals surface area contributed by atoms with Gasteiger partial charge >= 0.3 is 5.97 Å². The molecule has 0 saturated heterocycles. The van der Waals surface area contributed by atoms with Gasteiger partial charge in [0.05, 0.1) is 41.1 Å². The number of hydrogen-bond donors (Lipinski definition) is 3. The van der Waals surface area contributed by atoms with Gasteiger partial charge in [0.25, 0.3) is 5.91 Å². The summed E-state index contributed by atoms with van der Waals surface area (Å²) in [6.07, 6.45) is 3.76. The van der Waals surface area contributed by atoms with Gasteiger partial charge in [0, 0.05) is 16.8 Å². The number of hydrogen-bond acceptors (Lipinski definition) is 8. The van der Waals surface area contributed by atoms with Gasteiger partial charge in [-0.15, -0.1) is 6.58 Å². The molecule has 3 N–H and O–H groups in total. The van der Waals surface area contributed by atoms with Crippen LogP contribution >= 0.6 is 35.4 Å². The van der Waals surface area contributed by atoms with E-state index in [2.05, 4.69) is 27.7 Å². The van der Waals surface area contributed by atoms with Crippen LogP contribution < -0.4 is 30.3 Å². The van der Waals surface area contributed by atoms with Gasteiger partial charge in [0.1, 0.15) is 12.4 Å². The Labute approximate surface area is 295 Å². The quantitative estimate of drug-likeness (QED) is 0.0528. The van der Waals surface area contributed by atoms with Crippen LogP contribution in [0.4, 0.5) is 0 Å². The van der Waals surface area contributed by atoms with E-state index in [1.165, 1.54) is 6.21 Å². The van der Waals surface area contributed by atoms with Crippen molar-refractivity contribution in [3.63, 3.8) is 0 Å². The van der Waals surface area contributed by atoms with Crippen molar-refractivity contribution in [3.8, 4) is 17.2 Å². The first-order valence-corrected chi connectivity index (χ1v) is 16.3. The molecule has 1 heterocycles. The van der Waals surface area contributed by atoms with Crippen molar-refractivity contribution in [2.24, 2.45) is 5.10 Å². The van der Waals surface area contributed by atoms with E-state index >= 15 is 0 Å². The van der Waals surface area contributed by atoms with Crippen molar-refractivity contribution >= 4 is 58.6 Å². The van der Waals surface area contributed by atoms with Crippen molar-refractivity contribution in [2.75, 3.05) is 19.8 Å². The lowest BCUT2D eigenvalue weighted by molar-refractivity contribution is -0.139. The predicted molar refractivity (Wildman–Crippen MR) is 191 cm³/mol. The Morgan fingerprint density at radius 3 is 2.54 bits per heavy atom. The van der Waals surface area contributed by atoms with Gasteiger partial charge in [-0.2, -0.15) is 5.10 Å². The van der Waals surface area contributed by atoms with Crippen LogP contribution in [0.1, 0.15) is 49.1 Å². The molecule has 0 aliphatic carbocycles. The number of esters is 1. The molecule has 3 aromatic carbocycles. The van der Waals surface area contributed by atoms with Gasteiger partial charge in [-0.25, -0.2) is 10.2 Å². The number of hydrazone groups is 1. The first-order chi connectivity index (χ1) is 23.1. The van der Waals surface area contributed by atoms with E-state index < -0.39 is 17.9 Å². The molecule has 252 valence electrons. The minimum Gasteiger partial charge on any atom is -0.490 e.